The van der Waals surface area contributed by atoms with Crippen molar-refractivity contribution in [1.29, 1.82) is 5.26 Å². The number of rotatable bonds is 11. The molecule has 8 rings (SSSR count). The first-order valence-corrected chi connectivity index (χ1v) is 22.4. The highest BCUT2D eigenvalue weighted by molar-refractivity contribution is 6.31. The maximum Gasteiger partial charge on any atom is 0.328 e. The number of halogens is 1. The lowest BCUT2D eigenvalue weighted by molar-refractivity contribution is -0.120. The molecule has 3 aliphatic heterocycles. The van der Waals surface area contributed by atoms with Crippen molar-refractivity contribution in [3.05, 3.63) is 94.1 Å². The summed E-state index contributed by atoms with van der Waals surface area (Å²) in [6.45, 7) is 9.04. The average Bonchev–Trinajstić information content (AvgIpc) is 3.69. The normalized spacial score (nSPS) is 20.8. The van der Waals surface area contributed by atoms with E-state index in [0.29, 0.717) is 46.2 Å². The van der Waals surface area contributed by atoms with Crippen molar-refractivity contribution in [1.82, 2.24) is 25.0 Å². The summed E-state index contributed by atoms with van der Waals surface area (Å²) in [5, 5.41) is 16.0. The fourth-order valence-electron chi connectivity index (χ4n) is 9.88. The number of anilines is 1. The number of amides is 5. The number of urea groups is 1. The molecule has 1 saturated carbocycles. The van der Waals surface area contributed by atoms with Crippen LogP contribution in [0.2, 0.25) is 5.02 Å². The zero-order valence-corrected chi connectivity index (χ0v) is 36.0. The van der Waals surface area contributed by atoms with Crippen molar-refractivity contribution in [2.75, 3.05) is 44.2 Å². The summed E-state index contributed by atoms with van der Waals surface area (Å²) in [5.74, 6) is 0.322. The lowest BCUT2D eigenvalue weighted by atomic mass is 9.72. The number of nitrogens with one attached hydrogen (secondary N) is 2. The first-order valence-electron chi connectivity index (χ1n) is 22.0. The molecular formula is C48H56ClN7O5. The molecule has 0 bridgehead atoms. The second-order valence-corrected chi connectivity index (χ2v) is 18.2. The van der Waals surface area contributed by atoms with Gasteiger partial charge >= 0.3 is 6.03 Å². The fourth-order valence-corrected chi connectivity index (χ4v) is 10.1. The van der Waals surface area contributed by atoms with E-state index in [1.165, 1.54) is 12.0 Å². The third-order valence-electron chi connectivity index (χ3n) is 13.3. The molecule has 2 N–H and O–H groups in total. The number of aryl methyl sites for hydroxylation is 1. The molecule has 0 atom stereocenters. The van der Waals surface area contributed by atoms with Crippen LogP contribution in [0.3, 0.4) is 0 Å². The van der Waals surface area contributed by atoms with Gasteiger partial charge in [-0.05, 0) is 145 Å². The Hall–Kier alpha value is -5.38. The molecule has 1 aliphatic carbocycles. The minimum atomic E-state index is -0.453. The average molecular weight is 846 g/mol. The highest BCUT2D eigenvalue weighted by atomic mass is 35.5. The standard InChI is InChI=1S/C48H56ClN7O5/c1-32(2)55-23-16-40-42(55)27-36(28-43(40)56-24-17-44(57)52-47(56)60)46(59)54-25-19-48(20-26-54)18-4-22-53(31-48)21-3-5-33-6-8-34(9-7-33)45(58)51-37-11-14-38(15-12-37)61-39-13-10-35(30-50)41(49)29-39/h6-10,13,16,23,27-29,32,37-38H,3-5,11-12,14-15,17-22,24-26,31H2,1-2H3,(H,51,58)(H,52,57,60)/t37-,38-. The minimum Gasteiger partial charge on any atom is -0.490 e. The van der Waals surface area contributed by atoms with E-state index in [-0.39, 0.29) is 54.3 Å². The molecule has 4 fully saturated rings. The van der Waals surface area contributed by atoms with E-state index in [9.17, 15) is 19.2 Å². The number of aromatic nitrogens is 1. The predicted molar refractivity (Wildman–Crippen MR) is 236 cm³/mol. The van der Waals surface area contributed by atoms with Crippen molar-refractivity contribution in [2.24, 2.45) is 5.41 Å². The van der Waals surface area contributed by atoms with Crippen molar-refractivity contribution in [3.8, 4) is 11.8 Å². The minimum absolute atomic E-state index is 0.0137. The molecule has 3 aromatic carbocycles. The molecule has 3 saturated heterocycles. The van der Waals surface area contributed by atoms with Crippen LogP contribution in [0.15, 0.2) is 66.9 Å². The molecule has 4 heterocycles. The summed E-state index contributed by atoms with van der Waals surface area (Å²) < 4.78 is 8.24. The largest absolute Gasteiger partial charge is 0.490 e. The molecule has 0 radical (unpaired) electrons. The first-order chi connectivity index (χ1) is 29.5. The van der Waals surface area contributed by atoms with Gasteiger partial charge < -0.3 is 24.4 Å². The molecule has 1 spiro atoms. The number of fused-ring (bicyclic) bond motifs is 1. The molecular weight excluding hydrogens is 790 g/mol. The van der Waals surface area contributed by atoms with Crippen LogP contribution in [0.4, 0.5) is 10.5 Å². The van der Waals surface area contributed by atoms with Gasteiger partial charge in [0, 0.05) is 73.5 Å². The molecule has 4 aromatic rings. The van der Waals surface area contributed by atoms with Gasteiger partial charge in [-0.2, -0.15) is 5.26 Å². The lowest BCUT2D eigenvalue weighted by Crippen LogP contribution is -2.51. The van der Waals surface area contributed by atoms with Crippen LogP contribution in [0.5, 0.6) is 5.75 Å². The number of piperidine rings is 2. The van der Waals surface area contributed by atoms with Gasteiger partial charge in [0.15, 0.2) is 0 Å². The third-order valence-corrected chi connectivity index (χ3v) is 13.7. The molecule has 5 amide bonds. The van der Waals surface area contributed by atoms with Gasteiger partial charge in [0.05, 0.1) is 27.9 Å². The Labute approximate surface area is 363 Å². The van der Waals surface area contributed by atoms with Crippen LogP contribution in [-0.4, -0.2) is 89.5 Å². The Morgan fingerprint density at radius 1 is 0.951 bits per heavy atom. The number of imide groups is 1. The summed E-state index contributed by atoms with van der Waals surface area (Å²) in [7, 11) is 0. The van der Waals surface area contributed by atoms with Crippen LogP contribution in [0, 0.1) is 16.7 Å². The van der Waals surface area contributed by atoms with Crippen molar-refractivity contribution in [2.45, 2.75) is 103 Å². The number of carbonyl (C=O) groups is 4. The van der Waals surface area contributed by atoms with Crippen molar-refractivity contribution < 1.29 is 23.9 Å². The zero-order chi connectivity index (χ0) is 42.7. The third kappa shape index (κ3) is 9.58. The smallest absolute Gasteiger partial charge is 0.328 e. The van der Waals surface area contributed by atoms with Crippen LogP contribution >= 0.6 is 11.6 Å². The molecule has 1 aromatic heterocycles. The van der Waals surface area contributed by atoms with Gasteiger partial charge in [-0.15, -0.1) is 0 Å². The number of carbonyl (C=O) groups excluding carboxylic acids is 4. The summed E-state index contributed by atoms with van der Waals surface area (Å²) >= 11 is 6.17. The lowest BCUT2D eigenvalue weighted by Gasteiger charge is -2.48. The molecule has 0 unspecified atom stereocenters. The highest BCUT2D eigenvalue weighted by Gasteiger charge is 2.39. The van der Waals surface area contributed by atoms with Crippen LogP contribution in [-0.2, 0) is 11.2 Å². The Morgan fingerprint density at radius 3 is 2.43 bits per heavy atom. The molecule has 320 valence electrons. The second-order valence-electron chi connectivity index (χ2n) is 17.8. The topological polar surface area (TPSA) is 140 Å². The van der Waals surface area contributed by atoms with Crippen LogP contribution in [0.1, 0.15) is 116 Å². The van der Waals surface area contributed by atoms with E-state index in [0.717, 1.165) is 88.3 Å². The van der Waals surface area contributed by atoms with E-state index >= 15 is 0 Å². The molecule has 12 nitrogen and oxygen atoms in total. The van der Waals surface area contributed by atoms with Crippen molar-refractivity contribution >= 4 is 51.9 Å². The van der Waals surface area contributed by atoms with Gasteiger partial charge in [-0.25, -0.2) is 4.79 Å². The van der Waals surface area contributed by atoms with Gasteiger partial charge in [0.25, 0.3) is 11.8 Å². The number of nitriles is 1. The zero-order valence-electron chi connectivity index (χ0n) is 35.3. The number of benzene rings is 3. The van der Waals surface area contributed by atoms with E-state index < -0.39 is 6.03 Å². The van der Waals surface area contributed by atoms with Gasteiger partial charge in [-0.1, -0.05) is 23.7 Å². The quantitative estimate of drug-likeness (QED) is 0.155. The number of nitrogens with zero attached hydrogens (tertiary/aromatic N) is 5. The maximum absolute atomic E-state index is 14.2. The van der Waals surface area contributed by atoms with E-state index in [1.807, 2.05) is 41.4 Å². The number of likely N-dealkylation sites (tertiary alicyclic amines) is 2. The predicted octanol–water partition coefficient (Wildman–Crippen LogP) is 8.26. The number of ether oxygens (including phenoxy) is 1. The molecule has 4 aliphatic rings. The Bertz CT molecular complexity index is 2320. The first kappa shape index (κ1) is 42.3. The molecule has 61 heavy (non-hydrogen) atoms. The highest BCUT2D eigenvalue weighted by Crippen LogP contribution is 2.41. The maximum atomic E-state index is 14.2. The van der Waals surface area contributed by atoms with Crippen molar-refractivity contribution in [3.63, 3.8) is 0 Å². The van der Waals surface area contributed by atoms with Crippen LogP contribution < -0.4 is 20.3 Å². The van der Waals surface area contributed by atoms with Crippen LogP contribution in [0.25, 0.3) is 10.9 Å². The second kappa shape index (κ2) is 18.3. The summed E-state index contributed by atoms with van der Waals surface area (Å²) in [5.41, 5.74) is 4.68. The van der Waals surface area contributed by atoms with Gasteiger partial charge in [-0.3, -0.25) is 24.6 Å². The Balaban J connectivity index is 0.793. The van der Waals surface area contributed by atoms with E-state index in [1.54, 1.807) is 23.1 Å². The Morgan fingerprint density at radius 2 is 1.72 bits per heavy atom. The van der Waals surface area contributed by atoms with E-state index in [2.05, 4.69) is 52.2 Å². The number of hydrogen-bond acceptors (Lipinski definition) is 7. The summed E-state index contributed by atoms with van der Waals surface area (Å²) in [6.07, 6.45) is 11.9. The summed E-state index contributed by atoms with van der Waals surface area (Å²) in [4.78, 5) is 58.3. The van der Waals surface area contributed by atoms with Gasteiger partial charge in [0.2, 0.25) is 5.91 Å². The Kier molecular flexibility index (Phi) is 12.7. The molecule has 13 heteroatoms. The number of hydrogen-bond donors (Lipinski definition) is 2. The monoisotopic (exact) mass is 845 g/mol. The SMILES string of the molecule is CC(C)n1ccc2c(N3CCC(=O)NC3=O)cc(C(=O)N3CCC4(CCCN(CCCc5ccc(C(=O)N[C@H]6CC[C@H](Oc7ccc(C#N)c(Cl)c7)CC6)cc5)C4)CC3)cc21. The fraction of sp³-hybridized carbons (Fsp3) is 0.479. The van der Waals surface area contributed by atoms with Gasteiger partial charge in [0.1, 0.15) is 11.8 Å². The van der Waals surface area contributed by atoms with E-state index in [4.69, 9.17) is 21.6 Å². The summed E-state index contributed by atoms with van der Waals surface area (Å²) in [6, 6.07) is 20.9.